The van der Waals surface area contributed by atoms with Gasteiger partial charge in [0.1, 0.15) is 0 Å². The van der Waals surface area contributed by atoms with E-state index in [0.717, 1.165) is 6.42 Å². The molecule has 1 fully saturated rings. The molecule has 1 aliphatic rings. The average Bonchev–Trinajstić information content (AvgIpc) is 2.31. The molecule has 1 rings (SSSR count). The minimum atomic E-state index is -0.950. The van der Waals surface area contributed by atoms with E-state index in [0.29, 0.717) is 0 Å². The summed E-state index contributed by atoms with van der Waals surface area (Å²) < 4.78 is 9.99. The minimum absolute atomic E-state index is 0.0779. The van der Waals surface area contributed by atoms with Crippen molar-refractivity contribution in [1.29, 1.82) is 0 Å². The van der Waals surface area contributed by atoms with Crippen LogP contribution in [0.3, 0.4) is 0 Å². The highest BCUT2D eigenvalue weighted by Gasteiger charge is 2.28. The van der Waals surface area contributed by atoms with Crippen molar-refractivity contribution in [2.24, 2.45) is 0 Å². The maximum atomic E-state index is 11.4. The summed E-state index contributed by atoms with van der Waals surface area (Å²) >= 11 is 0. The Morgan fingerprint density at radius 3 is 2.26 bits per heavy atom. The summed E-state index contributed by atoms with van der Waals surface area (Å²) in [5, 5.41) is 0. The Morgan fingerprint density at radius 1 is 1.11 bits per heavy atom. The number of rotatable bonds is 4. The van der Waals surface area contributed by atoms with Crippen LogP contribution in [0.1, 0.15) is 13.3 Å². The molecule has 6 heteroatoms. The van der Waals surface area contributed by atoms with E-state index in [1.54, 1.807) is 24.1 Å². The molecule has 0 N–H and O–H groups in total. The van der Waals surface area contributed by atoms with Crippen LogP contribution >= 0.6 is 0 Å². The van der Waals surface area contributed by atoms with Crippen LogP contribution in [0.5, 0.6) is 0 Å². The van der Waals surface area contributed by atoms with E-state index in [-0.39, 0.29) is 13.1 Å². The van der Waals surface area contributed by atoms with E-state index in [9.17, 15) is 9.59 Å². The van der Waals surface area contributed by atoms with Crippen LogP contribution in [-0.4, -0.2) is 44.1 Å². The number of allylic oxidation sites excluding steroid dienone is 5. The second kappa shape index (κ2) is 8.32. The maximum absolute atomic E-state index is 11.4. The van der Waals surface area contributed by atoms with Gasteiger partial charge in [0.2, 0.25) is 0 Å². The van der Waals surface area contributed by atoms with Gasteiger partial charge in [0.05, 0.1) is 13.1 Å². The molecule has 0 radical (unpaired) electrons. The van der Waals surface area contributed by atoms with Gasteiger partial charge in [0.25, 0.3) is 0 Å². The Labute approximate surface area is 113 Å². The van der Waals surface area contributed by atoms with Gasteiger partial charge in [-0.3, -0.25) is 14.5 Å². The molecule has 5 nitrogen and oxygen atoms in total. The van der Waals surface area contributed by atoms with E-state index in [2.05, 4.69) is 0 Å². The highest BCUT2D eigenvalue weighted by atomic mass is 16.6. The van der Waals surface area contributed by atoms with Gasteiger partial charge in [0, 0.05) is 0 Å². The zero-order valence-corrected chi connectivity index (χ0v) is 11.2. The molecule has 1 heterocycles. The van der Waals surface area contributed by atoms with Crippen molar-refractivity contribution in [3.05, 3.63) is 36.4 Å². The Balaban J connectivity index is 2.53. The van der Waals surface area contributed by atoms with Crippen LogP contribution in [0.25, 0.3) is 0 Å². The molecule has 102 valence electrons. The normalized spacial score (nSPS) is 18.9. The summed E-state index contributed by atoms with van der Waals surface area (Å²) in [7, 11) is 0.704. The summed E-state index contributed by atoms with van der Waals surface area (Å²) in [6, 6.07) is 0. The molecular weight excluding hydrogens is 245 g/mol. The Bertz CT molecular complexity index is 383. The summed E-state index contributed by atoms with van der Waals surface area (Å²) in [5.74, 6) is 0.691. The van der Waals surface area contributed by atoms with Crippen molar-refractivity contribution in [2.75, 3.05) is 20.1 Å². The topological polar surface area (TPSA) is 55.8 Å². The molecule has 0 unspecified atom stereocenters. The largest absolute Gasteiger partial charge is 0.628 e. The zero-order valence-electron chi connectivity index (χ0n) is 11.2. The van der Waals surface area contributed by atoms with Gasteiger partial charge in [-0.05, 0) is 19.4 Å². The maximum Gasteiger partial charge on any atom is 0.628 e. The van der Waals surface area contributed by atoms with Crippen LogP contribution in [-0.2, 0) is 18.9 Å². The number of carbonyl (C=O) groups excluding carboxylic acids is 2. The SMILES string of the molecule is CC/C=C/C=C/C=C/B1OC(=O)CN(C)CC(=O)O1. The number of carbonyl (C=O) groups is 2. The summed E-state index contributed by atoms with van der Waals surface area (Å²) in [5.41, 5.74) is 0. The molecule has 0 aliphatic carbocycles. The first kappa shape index (κ1) is 15.2. The second-order valence-corrected chi connectivity index (χ2v) is 4.13. The quantitative estimate of drug-likeness (QED) is 0.562. The van der Waals surface area contributed by atoms with Crippen molar-refractivity contribution in [1.82, 2.24) is 4.90 Å². The summed E-state index contributed by atoms with van der Waals surface area (Å²) in [6.07, 6.45) is 10.2. The molecule has 0 amide bonds. The van der Waals surface area contributed by atoms with Crippen LogP contribution in [0, 0.1) is 0 Å². The molecule has 0 spiro atoms. The van der Waals surface area contributed by atoms with E-state index in [1.165, 1.54) is 5.98 Å². The molecular formula is C13H18BNO4. The molecule has 0 aromatic carbocycles. The van der Waals surface area contributed by atoms with E-state index in [4.69, 9.17) is 9.31 Å². The number of hydrogen-bond acceptors (Lipinski definition) is 5. The molecule has 19 heavy (non-hydrogen) atoms. The van der Waals surface area contributed by atoms with Crippen LogP contribution in [0.4, 0.5) is 0 Å². The Hall–Kier alpha value is -1.82. The third kappa shape index (κ3) is 6.62. The summed E-state index contributed by atoms with van der Waals surface area (Å²) in [6.45, 7) is 2.20. The predicted octanol–water partition coefficient (Wildman–Crippen LogP) is 1.12. The molecule has 0 atom stereocenters. The van der Waals surface area contributed by atoms with Crippen LogP contribution < -0.4 is 0 Å². The van der Waals surface area contributed by atoms with Crippen molar-refractivity contribution in [3.63, 3.8) is 0 Å². The first-order valence-corrected chi connectivity index (χ1v) is 6.19. The summed E-state index contributed by atoms with van der Waals surface area (Å²) in [4.78, 5) is 24.4. The van der Waals surface area contributed by atoms with E-state index < -0.39 is 19.1 Å². The monoisotopic (exact) mass is 263 g/mol. The lowest BCUT2D eigenvalue weighted by Gasteiger charge is -2.20. The van der Waals surface area contributed by atoms with Gasteiger partial charge in [-0.25, -0.2) is 0 Å². The lowest BCUT2D eigenvalue weighted by Crippen LogP contribution is -2.41. The van der Waals surface area contributed by atoms with Gasteiger partial charge >= 0.3 is 19.1 Å². The third-order valence-electron chi connectivity index (χ3n) is 2.27. The van der Waals surface area contributed by atoms with Gasteiger partial charge in [-0.15, -0.1) is 0 Å². The molecule has 1 saturated heterocycles. The van der Waals surface area contributed by atoms with Crippen molar-refractivity contribution >= 4 is 19.1 Å². The molecule has 0 aromatic rings. The minimum Gasteiger partial charge on any atom is -0.495 e. The van der Waals surface area contributed by atoms with Crippen LogP contribution in [0.15, 0.2) is 36.4 Å². The molecule has 1 aliphatic heterocycles. The average molecular weight is 263 g/mol. The molecule has 0 aromatic heterocycles. The fraction of sp³-hybridized carbons (Fsp3) is 0.385. The highest BCUT2D eigenvalue weighted by molar-refractivity contribution is 6.54. The van der Waals surface area contributed by atoms with Gasteiger partial charge < -0.3 is 9.31 Å². The number of hydrogen-bond donors (Lipinski definition) is 0. The lowest BCUT2D eigenvalue weighted by molar-refractivity contribution is -0.145. The lowest BCUT2D eigenvalue weighted by atomic mass is 9.89. The van der Waals surface area contributed by atoms with E-state index >= 15 is 0 Å². The Morgan fingerprint density at radius 2 is 1.68 bits per heavy atom. The number of likely N-dealkylation sites (N-methyl/N-ethyl adjacent to an activating group) is 1. The fourth-order valence-electron chi connectivity index (χ4n) is 1.43. The van der Waals surface area contributed by atoms with Gasteiger partial charge in [0.15, 0.2) is 0 Å². The fourth-order valence-corrected chi connectivity index (χ4v) is 1.43. The third-order valence-corrected chi connectivity index (χ3v) is 2.27. The standard InChI is InChI=1S/C13H18BNO4/c1-3-4-5-6-7-8-9-14-18-12(16)10-15(2)11-13(17)19-14/h4-9H,3,10-11H2,1-2H3/b5-4+,7-6+,9-8+. The van der Waals surface area contributed by atoms with Gasteiger partial charge in [-0.1, -0.05) is 37.3 Å². The van der Waals surface area contributed by atoms with Crippen LogP contribution in [0.2, 0.25) is 0 Å². The molecule has 0 saturated carbocycles. The van der Waals surface area contributed by atoms with E-state index in [1.807, 2.05) is 25.2 Å². The second-order valence-electron chi connectivity index (χ2n) is 4.13. The molecule has 0 bridgehead atoms. The van der Waals surface area contributed by atoms with Gasteiger partial charge in [-0.2, -0.15) is 0 Å². The highest BCUT2D eigenvalue weighted by Crippen LogP contribution is 2.01. The smallest absolute Gasteiger partial charge is 0.495 e. The van der Waals surface area contributed by atoms with Crippen molar-refractivity contribution in [3.8, 4) is 0 Å². The first-order chi connectivity index (χ1) is 9.11. The first-order valence-electron chi connectivity index (χ1n) is 6.19. The number of nitrogens with zero attached hydrogens (tertiary/aromatic N) is 1. The Kier molecular flexibility index (Phi) is 6.67. The van der Waals surface area contributed by atoms with Crippen molar-refractivity contribution < 1.29 is 18.9 Å². The zero-order chi connectivity index (χ0) is 14.1. The van der Waals surface area contributed by atoms with Crippen molar-refractivity contribution in [2.45, 2.75) is 13.3 Å². The predicted molar refractivity (Wildman–Crippen MR) is 73.1 cm³/mol.